The second-order valence-electron chi connectivity index (χ2n) is 4.85. The van der Waals surface area contributed by atoms with E-state index < -0.39 is 0 Å². The summed E-state index contributed by atoms with van der Waals surface area (Å²) in [6.45, 7) is 5.55. The molecule has 2 aliphatic rings. The first-order chi connectivity index (χ1) is 7.45. The van der Waals surface area contributed by atoms with Gasteiger partial charge < -0.3 is 15.4 Å². The van der Waals surface area contributed by atoms with Gasteiger partial charge in [-0.3, -0.25) is 0 Å². The van der Waals surface area contributed by atoms with Gasteiger partial charge in [-0.1, -0.05) is 0 Å². The van der Waals surface area contributed by atoms with Crippen LogP contribution in [0.15, 0.2) is 0 Å². The quantitative estimate of drug-likeness (QED) is 0.733. The van der Waals surface area contributed by atoms with Gasteiger partial charge in [0.1, 0.15) is 0 Å². The van der Waals surface area contributed by atoms with Crippen molar-refractivity contribution in [2.24, 2.45) is 5.92 Å². The third-order valence-electron chi connectivity index (χ3n) is 3.59. The topological polar surface area (TPSA) is 33.3 Å². The van der Waals surface area contributed by atoms with E-state index in [1.807, 2.05) is 0 Å². The standard InChI is InChI=1S/C12H24N2O/c1-2-12(4-7-13-6-1)14-8-3-11-5-9-15-10-11/h11-14H,1-10H2. The molecule has 2 atom stereocenters. The van der Waals surface area contributed by atoms with Crippen molar-refractivity contribution in [3.63, 3.8) is 0 Å². The van der Waals surface area contributed by atoms with E-state index in [0.29, 0.717) is 0 Å². The van der Waals surface area contributed by atoms with Crippen LogP contribution in [0.3, 0.4) is 0 Å². The monoisotopic (exact) mass is 212 g/mol. The number of hydrogen-bond donors (Lipinski definition) is 2. The zero-order chi connectivity index (χ0) is 10.3. The predicted octanol–water partition coefficient (Wildman–Crippen LogP) is 1.14. The van der Waals surface area contributed by atoms with Crippen LogP contribution in [-0.4, -0.2) is 38.9 Å². The Morgan fingerprint density at radius 2 is 2.20 bits per heavy atom. The zero-order valence-corrected chi connectivity index (χ0v) is 9.63. The van der Waals surface area contributed by atoms with Crippen LogP contribution in [0, 0.1) is 5.92 Å². The molecule has 2 N–H and O–H groups in total. The maximum atomic E-state index is 5.38. The van der Waals surface area contributed by atoms with Crippen LogP contribution in [0.2, 0.25) is 0 Å². The van der Waals surface area contributed by atoms with E-state index in [0.717, 1.165) is 25.2 Å². The Hall–Kier alpha value is -0.120. The minimum Gasteiger partial charge on any atom is -0.381 e. The lowest BCUT2D eigenvalue weighted by Crippen LogP contribution is -2.31. The molecule has 3 heteroatoms. The zero-order valence-electron chi connectivity index (χ0n) is 9.63. The lowest BCUT2D eigenvalue weighted by atomic mass is 10.0. The summed E-state index contributed by atoms with van der Waals surface area (Å²) in [6.07, 6.45) is 6.53. The highest BCUT2D eigenvalue weighted by Crippen LogP contribution is 2.15. The first kappa shape index (κ1) is 11.4. The van der Waals surface area contributed by atoms with Crippen LogP contribution < -0.4 is 10.6 Å². The van der Waals surface area contributed by atoms with E-state index >= 15 is 0 Å². The van der Waals surface area contributed by atoms with Crippen LogP contribution in [0.5, 0.6) is 0 Å². The van der Waals surface area contributed by atoms with Crippen molar-refractivity contribution in [3.8, 4) is 0 Å². The molecular formula is C12H24N2O. The molecule has 0 saturated carbocycles. The Bertz CT molecular complexity index is 161. The molecular weight excluding hydrogens is 188 g/mol. The average molecular weight is 212 g/mol. The van der Waals surface area contributed by atoms with Crippen LogP contribution in [0.1, 0.15) is 32.1 Å². The second-order valence-corrected chi connectivity index (χ2v) is 4.85. The number of rotatable bonds is 4. The highest BCUT2D eigenvalue weighted by atomic mass is 16.5. The molecule has 2 heterocycles. The number of hydrogen-bond acceptors (Lipinski definition) is 3. The van der Waals surface area contributed by atoms with Gasteiger partial charge in [-0.15, -0.1) is 0 Å². The molecule has 0 radical (unpaired) electrons. The van der Waals surface area contributed by atoms with Crippen LogP contribution in [0.4, 0.5) is 0 Å². The summed E-state index contributed by atoms with van der Waals surface area (Å²) in [7, 11) is 0. The highest BCUT2D eigenvalue weighted by molar-refractivity contribution is 4.73. The van der Waals surface area contributed by atoms with Crippen molar-refractivity contribution in [1.29, 1.82) is 0 Å². The van der Waals surface area contributed by atoms with Gasteiger partial charge in [-0.25, -0.2) is 0 Å². The summed E-state index contributed by atoms with van der Waals surface area (Å²) in [6, 6.07) is 0.752. The third-order valence-corrected chi connectivity index (χ3v) is 3.59. The lowest BCUT2D eigenvalue weighted by molar-refractivity contribution is 0.184. The van der Waals surface area contributed by atoms with E-state index in [-0.39, 0.29) is 0 Å². The maximum absolute atomic E-state index is 5.38. The molecule has 2 unspecified atom stereocenters. The number of nitrogens with one attached hydrogen (secondary N) is 2. The van der Waals surface area contributed by atoms with Crippen molar-refractivity contribution in [3.05, 3.63) is 0 Å². The average Bonchev–Trinajstić information content (AvgIpc) is 2.62. The van der Waals surface area contributed by atoms with E-state index in [1.54, 1.807) is 0 Å². The van der Waals surface area contributed by atoms with Gasteiger partial charge in [0, 0.05) is 19.3 Å². The third kappa shape index (κ3) is 4.09. The molecule has 2 rings (SSSR count). The van der Waals surface area contributed by atoms with E-state index in [2.05, 4.69) is 10.6 Å². The summed E-state index contributed by atoms with van der Waals surface area (Å²) in [4.78, 5) is 0. The first-order valence-electron chi connectivity index (χ1n) is 6.47. The van der Waals surface area contributed by atoms with Crippen LogP contribution in [0.25, 0.3) is 0 Å². The summed E-state index contributed by atoms with van der Waals surface area (Å²) >= 11 is 0. The van der Waals surface area contributed by atoms with Crippen molar-refractivity contribution in [2.75, 3.05) is 32.8 Å². The molecule has 15 heavy (non-hydrogen) atoms. The fraction of sp³-hybridized carbons (Fsp3) is 1.00. The first-order valence-corrected chi connectivity index (χ1v) is 6.47. The molecule has 0 bridgehead atoms. The van der Waals surface area contributed by atoms with E-state index in [9.17, 15) is 0 Å². The Morgan fingerprint density at radius 1 is 1.20 bits per heavy atom. The molecule has 0 aromatic carbocycles. The van der Waals surface area contributed by atoms with Gasteiger partial charge in [-0.2, -0.15) is 0 Å². The van der Waals surface area contributed by atoms with Crippen molar-refractivity contribution >= 4 is 0 Å². The molecule has 0 aromatic rings. The summed E-state index contributed by atoms with van der Waals surface area (Å²) < 4.78 is 5.38. The van der Waals surface area contributed by atoms with Gasteiger partial charge in [0.15, 0.2) is 0 Å². The minimum atomic E-state index is 0.752. The summed E-state index contributed by atoms with van der Waals surface area (Å²) in [5.41, 5.74) is 0. The fourth-order valence-electron chi connectivity index (χ4n) is 2.53. The summed E-state index contributed by atoms with van der Waals surface area (Å²) in [5, 5.41) is 7.14. The van der Waals surface area contributed by atoms with Gasteiger partial charge in [0.25, 0.3) is 0 Å². The molecule has 2 fully saturated rings. The molecule has 0 aliphatic carbocycles. The fourth-order valence-corrected chi connectivity index (χ4v) is 2.53. The van der Waals surface area contributed by atoms with Crippen molar-refractivity contribution < 1.29 is 4.74 Å². The van der Waals surface area contributed by atoms with Crippen LogP contribution in [-0.2, 0) is 4.74 Å². The van der Waals surface area contributed by atoms with Gasteiger partial charge in [0.05, 0.1) is 0 Å². The Kier molecular flexibility index (Phi) is 4.90. The molecule has 3 nitrogen and oxygen atoms in total. The van der Waals surface area contributed by atoms with Gasteiger partial charge >= 0.3 is 0 Å². The largest absolute Gasteiger partial charge is 0.381 e. The predicted molar refractivity (Wildman–Crippen MR) is 62.1 cm³/mol. The normalized spacial score (nSPS) is 32.8. The minimum absolute atomic E-state index is 0.752. The number of ether oxygens (including phenoxy) is 1. The highest BCUT2D eigenvalue weighted by Gasteiger charge is 2.16. The van der Waals surface area contributed by atoms with E-state index in [1.165, 1.54) is 51.7 Å². The van der Waals surface area contributed by atoms with Crippen molar-refractivity contribution in [1.82, 2.24) is 10.6 Å². The Morgan fingerprint density at radius 3 is 3.07 bits per heavy atom. The SMILES string of the molecule is C1CNCCC(NCCC2CCOC2)C1. The maximum Gasteiger partial charge on any atom is 0.0495 e. The second kappa shape index (κ2) is 6.46. The Labute approximate surface area is 93.0 Å². The lowest BCUT2D eigenvalue weighted by Gasteiger charge is -2.17. The molecule has 88 valence electrons. The smallest absolute Gasteiger partial charge is 0.0495 e. The molecule has 2 saturated heterocycles. The Balaban J connectivity index is 1.55. The molecule has 0 spiro atoms. The molecule has 2 aliphatic heterocycles. The van der Waals surface area contributed by atoms with Gasteiger partial charge in [-0.05, 0) is 57.7 Å². The van der Waals surface area contributed by atoms with Crippen LogP contribution >= 0.6 is 0 Å². The molecule has 0 aromatic heterocycles. The van der Waals surface area contributed by atoms with Gasteiger partial charge in [0.2, 0.25) is 0 Å². The van der Waals surface area contributed by atoms with Crippen molar-refractivity contribution in [2.45, 2.75) is 38.1 Å². The summed E-state index contributed by atoms with van der Waals surface area (Å²) in [5.74, 6) is 0.821. The van der Waals surface area contributed by atoms with E-state index in [4.69, 9.17) is 4.74 Å². The molecule has 0 amide bonds.